The number of hydrogen-bond donors (Lipinski definition) is 2. The van der Waals surface area contributed by atoms with Crippen LogP contribution in [0.4, 0.5) is 4.39 Å². The van der Waals surface area contributed by atoms with Crippen LogP contribution in [0, 0.1) is 5.82 Å². The molecule has 1 amide bonds. The van der Waals surface area contributed by atoms with Crippen LogP contribution in [0.2, 0.25) is 0 Å². The zero-order valence-electron chi connectivity index (χ0n) is 9.24. The zero-order valence-corrected chi connectivity index (χ0v) is 10.8. The van der Waals surface area contributed by atoms with Crippen molar-refractivity contribution in [1.29, 1.82) is 0 Å². The van der Waals surface area contributed by atoms with Crippen LogP contribution < -0.4 is 10.1 Å². The minimum absolute atomic E-state index is 0.133. The standard InChI is InChI=1S/C11H13BrFNO3/c1-7(5-15)14-11(16)6-17-10-3-2-8(13)4-9(10)12/h2-4,7,15H,5-6H2,1H3,(H,14,16)/t7-/m1/s1. The first-order valence-corrected chi connectivity index (χ1v) is 5.80. The van der Waals surface area contributed by atoms with Crippen molar-refractivity contribution in [3.63, 3.8) is 0 Å². The number of carbonyl (C=O) groups is 1. The second-order valence-electron chi connectivity index (χ2n) is 3.51. The van der Waals surface area contributed by atoms with Crippen LogP contribution in [0.15, 0.2) is 22.7 Å². The van der Waals surface area contributed by atoms with Crippen molar-refractivity contribution in [3.8, 4) is 5.75 Å². The highest BCUT2D eigenvalue weighted by molar-refractivity contribution is 9.10. The molecule has 6 heteroatoms. The van der Waals surface area contributed by atoms with Gasteiger partial charge in [-0.25, -0.2) is 4.39 Å². The second-order valence-corrected chi connectivity index (χ2v) is 4.37. The Kier molecular flexibility index (Phi) is 5.37. The van der Waals surface area contributed by atoms with Gasteiger partial charge in [0.2, 0.25) is 0 Å². The van der Waals surface area contributed by atoms with Gasteiger partial charge in [-0.1, -0.05) is 0 Å². The molecule has 4 nitrogen and oxygen atoms in total. The fourth-order valence-corrected chi connectivity index (χ4v) is 1.56. The summed E-state index contributed by atoms with van der Waals surface area (Å²) < 4.78 is 18.4. The molecule has 0 spiro atoms. The van der Waals surface area contributed by atoms with Crippen LogP contribution >= 0.6 is 15.9 Å². The van der Waals surface area contributed by atoms with E-state index in [-0.39, 0.29) is 31.0 Å². The van der Waals surface area contributed by atoms with E-state index in [2.05, 4.69) is 21.2 Å². The molecule has 0 aliphatic carbocycles. The maximum atomic E-state index is 12.8. The van der Waals surface area contributed by atoms with Gasteiger partial charge < -0.3 is 15.2 Å². The molecule has 0 aromatic heterocycles. The molecule has 94 valence electrons. The number of rotatable bonds is 5. The van der Waals surface area contributed by atoms with Crippen LogP contribution in [0.25, 0.3) is 0 Å². The Hall–Kier alpha value is -1.14. The fourth-order valence-electron chi connectivity index (χ4n) is 1.10. The average molecular weight is 306 g/mol. The van der Waals surface area contributed by atoms with Crippen LogP contribution in [-0.4, -0.2) is 30.3 Å². The molecule has 0 saturated heterocycles. The summed E-state index contributed by atoms with van der Waals surface area (Å²) in [5.74, 6) is -0.344. The van der Waals surface area contributed by atoms with E-state index in [1.54, 1.807) is 6.92 Å². The maximum Gasteiger partial charge on any atom is 0.258 e. The summed E-state index contributed by atoms with van der Waals surface area (Å²) in [6.45, 7) is 1.35. The first-order valence-electron chi connectivity index (χ1n) is 5.01. The number of aliphatic hydroxyl groups is 1. The zero-order chi connectivity index (χ0) is 12.8. The van der Waals surface area contributed by atoms with Crippen LogP contribution in [0.3, 0.4) is 0 Å². The summed E-state index contributed by atoms with van der Waals surface area (Å²) in [5, 5.41) is 11.3. The molecule has 0 aliphatic rings. The molecule has 1 aromatic carbocycles. The van der Waals surface area contributed by atoms with Crippen LogP contribution in [0.1, 0.15) is 6.92 Å². The van der Waals surface area contributed by atoms with Crippen molar-refractivity contribution < 1.29 is 19.0 Å². The highest BCUT2D eigenvalue weighted by atomic mass is 79.9. The Bertz CT molecular complexity index is 400. The number of carbonyl (C=O) groups excluding carboxylic acids is 1. The summed E-state index contributed by atoms with van der Waals surface area (Å²) in [6, 6.07) is 3.61. The second kappa shape index (κ2) is 6.56. The van der Waals surface area contributed by atoms with Gasteiger partial charge in [-0.3, -0.25) is 4.79 Å². The van der Waals surface area contributed by atoms with Gasteiger partial charge in [0.1, 0.15) is 11.6 Å². The Labute approximate surface area is 107 Å². The normalized spacial score (nSPS) is 12.0. The molecule has 0 aliphatic heterocycles. The lowest BCUT2D eigenvalue weighted by molar-refractivity contribution is -0.124. The third-order valence-corrected chi connectivity index (χ3v) is 2.55. The Morgan fingerprint density at radius 3 is 2.94 bits per heavy atom. The molecular weight excluding hydrogens is 293 g/mol. The van der Waals surface area contributed by atoms with Crippen molar-refractivity contribution in [1.82, 2.24) is 5.32 Å². The van der Waals surface area contributed by atoms with Gasteiger partial charge in [0.05, 0.1) is 11.1 Å². The van der Waals surface area contributed by atoms with E-state index >= 15 is 0 Å². The highest BCUT2D eigenvalue weighted by Crippen LogP contribution is 2.25. The third-order valence-electron chi connectivity index (χ3n) is 1.93. The maximum absolute atomic E-state index is 12.8. The van der Waals surface area contributed by atoms with E-state index in [0.29, 0.717) is 10.2 Å². The summed E-state index contributed by atoms with van der Waals surface area (Å²) in [5.41, 5.74) is 0. The van der Waals surface area contributed by atoms with E-state index in [1.165, 1.54) is 18.2 Å². The Morgan fingerprint density at radius 2 is 2.35 bits per heavy atom. The Balaban J connectivity index is 2.47. The molecule has 1 rings (SSSR count). The van der Waals surface area contributed by atoms with E-state index < -0.39 is 0 Å². The lowest BCUT2D eigenvalue weighted by atomic mass is 10.3. The number of hydrogen-bond acceptors (Lipinski definition) is 3. The molecule has 2 N–H and O–H groups in total. The Morgan fingerprint density at radius 1 is 1.65 bits per heavy atom. The first-order chi connectivity index (χ1) is 8.02. The van der Waals surface area contributed by atoms with Crippen molar-refractivity contribution in [2.24, 2.45) is 0 Å². The monoisotopic (exact) mass is 305 g/mol. The van der Waals surface area contributed by atoms with Crippen molar-refractivity contribution >= 4 is 21.8 Å². The molecule has 0 saturated carbocycles. The fraction of sp³-hybridized carbons (Fsp3) is 0.364. The average Bonchev–Trinajstić information content (AvgIpc) is 2.27. The molecule has 0 bridgehead atoms. The first kappa shape index (κ1) is 13.9. The number of amides is 1. The summed E-state index contributed by atoms with van der Waals surface area (Å²) in [6.07, 6.45) is 0. The lowest BCUT2D eigenvalue weighted by Crippen LogP contribution is -2.38. The third kappa shape index (κ3) is 4.70. The largest absolute Gasteiger partial charge is 0.483 e. The topological polar surface area (TPSA) is 58.6 Å². The van der Waals surface area contributed by atoms with Crippen molar-refractivity contribution in [2.75, 3.05) is 13.2 Å². The van der Waals surface area contributed by atoms with Gasteiger partial charge in [0, 0.05) is 6.04 Å². The van der Waals surface area contributed by atoms with Crippen LogP contribution in [-0.2, 0) is 4.79 Å². The lowest BCUT2D eigenvalue weighted by Gasteiger charge is -2.12. The molecule has 0 unspecified atom stereocenters. The van der Waals surface area contributed by atoms with Gasteiger partial charge >= 0.3 is 0 Å². The smallest absolute Gasteiger partial charge is 0.258 e. The number of ether oxygens (including phenoxy) is 1. The molecule has 1 atom stereocenters. The molecule has 0 radical (unpaired) electrons. The van der Waals surface area contributed by atoms with Gasteiger partial charge in [-0.2, -0.15) is 0 Å². The predicted octanol–water partition coefficient (Wildman–Crippen LogP) is 1.46. The van der Waals surface area contributed by atoms with E-state index in [0.717, 1.165) is 0 Å². The van der Waals surface area contributed by atoms with Crippen molar-refractivity contribution in [2.45, 2.75) is 13.0 Å². The molecular formula is C11H13BrFNO3. The number of nitrogens with one attached hydrogen (secondary N) is 1. The quantitative estimate of drug-likeness (QED) is 0.866. The SMILES string of the molecule is C[C@H](CO)NC(=O)COc1ccc(F)cc1Br. The highest BCUT2D eigenvalue weighted by Gasteiger charge is 2.08. The van der Waals surface area contributed by atoms with E-state index in [4.69, 9.17) is 9.84 Å². The predicted molar refractivity (Wildman–Crippen MR) is 64.3 cm³/mol. The van der Waals surface area contributed by atoms with Gasteiger partial charge in [-0.05, 0) is 41.1 Å². The molecule has 0 fully saturated rings. The van der Waals surface area contributed by atoms with Crippen LogP contribution in [0.5, 0.6) is 5.75 Å². The van der Waals surface area contributed by atoms with Gasteiger partial charge in [-0.15, -0.1) is 0 Å². The number of aliphatic hydroxyl groups excluding tert-OH is 1. The van der Waals surface area contributed by atoms with Gasteiger partial charge in [0.25, 0.3) is 5.91 Å². The van der Waals surface area contributed by atoms with E-state index in [1.807, 2.05) is 0 Å². The van der Waals surface area contributed by atoms with Crippen molar-refractivity contribution in [3.05, 3.63) is 28.5 Å². The minimum Gasteiger partial charge on any atom is -0.483 e. The summed E-state index contributed by atoms with van der Waals surface area (Å²) in [4.78, 5) is 11.3. The summed E-state index contributed by atoms with van der Waals surface area (Å²) >= 11 is 3.13. The minimum atomic E-state index is -0.387. The molecule has 17 heavy (non-hydrogen) atoms. The van der Waals surface area contributed by atoms with E-state index in [9.17, 15) is 9.18 Å². The molecule has 0 heterocycles. The summed E-state index contributed by atoms with van der Waals surface area (Å²) in [7, 11) is 0. The number of benzene rings is 1. The van der Waals surface area contributed by atoms with Gasteiger partial charge in [0.15, 0.2) is 6.61 Å². The molecule has 1 aromatic rings. The number of halogens is 2.